The van der Waals surface area contributed by atoms with Gasteiger partial charge in [-0.15, -0.1) is 0 Å². The molecule has 0 aliphatic carbocycles. The van der Waals surface area contributed by atoms with Gasteiger partial charge in [-0.25, -0.2) is 0 Å². The molecule has 2 fully saturated rings. The summed E-state index contributed by atoms with van der Waals surface area (Å²) in [6.45, 7) is 2.69. The van der Waals surface area contributed by atoms with Crippen molar-refractivity contribution in [2.45, 2.75) is 37.8 Å². The van der Waals surface area contributed by atoms with Gasteiger partial charge in [-0.2, -0.15) is 22.0 Å². The first kappa shape index (κ1) is 14.9. The van der Waals surface area contributed by atoms with E-state index in [1.165, 1.54) is 8.61 Å². The van der Waals surface area contributed by atoms with Crippen molar-refractivity contribution >= 4 is 10.2 Å². The number of piperidine rings is 1. The summed E-state index contributed by atoms with van der Waals surface area (Å²) in [4.78, 5) is 4.24. The molecular weight excluding hydrogens is 296 g/mol. The summed E-state index contributed by atoms with van der Waals surface area (Å²) < 4.78 is 38.8. The van der Waals surface area contributed by atoms with Crippen molar-refractivity contribution in [2.24, 2.45) is 0 Å². The molecule has 0 saturated carbocycles. The van der Waals surface area contributed by atoms with Crippen molar-refractivity contribution in [3.63, 3.8) is 0 Å². The van der Waals surface area contributed by atoms with E-state index in [0.717, 1.165) is 6.42 Å². The number of hydrogen-bond donors (Lipinski definition) is 0. The third-order valence-corrected chi connectivity index (χ3v) is 6.05. The van der Waals surface area contributed by atoms with Gasteiger partial charge in [0.25, 0.3) is 10.2 Å². The molecule has 2 aliphatic rings. The molecule has 3 rings (SSSR count). The van der Waals surface area contributed by atoms with Crippen molar-refractivity contribution in [3.05, 3.63) is 11.7 Å². The van der Waals surface area contributed by atoms with Crippen LogP contribution in [0.25, 0.3) is 0 Å². The zero-order valence-electron chi connectivity index (χ0n) is 12.4. The van der Waals surface area contributed by atoms with Crippen molar-refractivity contribution in [2.75, 3.05) is 27.2 Å². The lowest BCUT2D eigenvalue weighted by molar-refractivity contribution is 0.0403. The van der Waals surface area contributed by atoms with E-state index < -0.39 is 10.2 Å². The first-order valence-electron chi connectivity index (χ1n) is 7.00. The summed E-state index contributed by atoms with van der Waals surface area (Å²) in [7, 11) is -0.407. The molecule has 0 spiro atoms. The molecule has 3 atom stereocenters. The second-order valence-electron chi connectivity index (χ2n) is 5.74. The lowest BCUT2D eigenvalue weighted by Gasteiger charge is -2.39. The van der Waals surface area contributed by atoms with Crippen molar-refractivity contribution in [3.8, 4) is 0 Å². The summed E-state index contributed by atoms with van der Waals surface area (Å²) >= 11 is 0. The highest BCUT2D eigenvalue weighted by Gasteiger charge is 2.47. The van der Waals surface area contributed by atoms with E-state index >= 15 is 0 Å². The van der Waals surface area contributed by atoms with Crippen LogP contribution in [0.5, 0.6) is 0 Å². The Morgan fingerprint density at radius 2 is 2.14 bits per heavy atom. The molecule has 21 heavy (non-hydrogen) atoms. The van der Waals surface area contributed by atoms with E-state index in [1.54, 1.807) is 21.0 Å². The fourth-order valence-electron chi connectivity index (χ4n) is 3.03. The maximum atomic E-state index is 12.5. The smallest absolute Gasteiger partial charge is 0.281 e. The molecule has 0 amide bonds. The zero-order valence-corrected chi connectivity index (χ0v) is 13.2. The number of nitrogens with zero attached hydrogens (tertiary/aromatic N) is 4. The average Bonchev–Trinajstić information content (AvgIpc) is 3.05. The molecule has 0 aromatic carbocycles. The van der Waals surface area contributed by atoms with Gasteiger partial charge in [0.1, 0.15) is 0 Å². The Kier molecular flexibility index (Phi) is 3.76. The second-order valence-corrected chi connectivity index (χ2v) is 7.83. The predicted molar refractivity (Wildman–Crippen MR) is 73.9 cm³/mol. The summed E-state index contributed by atoms with van der Waals surface area (Å²) in [5, 5.41) is 3.79. The highest BCUT2D eigenvalue weighted by atomic mass is 32.2. The minimum atomic E-state index is -3.49. The van der Waals surface area contributed by atoms with Crippen molar-refractivity contribution in [1.82, 2.24) is 18.8 Å². The summed E-state index contributed by atoms with van der Waals surface area (Å²) in [5.41, 5.74) is 0. The van der Waals surface area contributed by atoms with Gasteiger partial charge in [0.15, 0.2) is 5.82 Å². The first-order valence-corrected chi connectivity index (χ1v) is 8.40. The fraction of sp³-hybridized carbons (Fsp3) is 0.833. The van der Waals surface area contributed by atoms with Gasteiger partial charge in [0.2, 0.25) is 5.89 Å². The number of aryl methyl sites for hydroxylation is 1. The third kappa shape index (κ3) is 2.59. The first-order chi connectivity index (χ1) is 9.89. The van der Waals surface area contributed by atoms with Gasteiger partial charge in [-0.05, 0) is 19.8 Å². The lowest BCUT2D eigenvalue weighted by Crippen LogP contribution is -2.54. The molecule has 1 aromatic rings. The fourth-order valence-corrected chi connectivity index (χ4v) is 4.40. The second kappa shape index (κ2) is 5.31. The molecule has 8 nitrogen and oxygen atoms in total. The van der Waals surface area contributed by atoms with Crippen LogP contribution in [0.3, 0.4) is 0 Å². The Hall–Kier alpha value is -1.03. The summed E-state index contributed by atoms with van der Waals surface area (Å²) in [5.74, 6) is 0.919. The Morgan fingerprint density at radius 3 is 2.76 bits per heavy atom. The molecule has 0 bridgehead atoms. The maximum absolute atomic E-state index is 12.5. The number of rotatable bonds is 3. The number of fused-ring (bicyclic) bond motifs is 1. The van der Waals surface area contributed by atoms with Crippen LogP contribution >= 0.6 is 0 Å². The molecule has 0 N–H and O–H groups in total. The summed E-state index contributed by atoms with van der Waals surface area (Å²) in [6.07, 6.45) is 1.34. The molecule has 118 valence electrons. The van der Waals surface area contributed by atoms with Crippen LogP contribution in [-0.4, -0.2) is 66.6 Å². The normalized spacial score (nSPS) is 30.8. The van der Waals surface area contributed by atoms with Crippen LogP contribution in [0, 0.1) is 6.92 Å². The van der Waals surface area contributed by atoms with E-state index in [4.69, 9.17) is 9.26 Å². The summed E-state index contributed by atoms with van der Waals surface area (Å²) in [6, 6.07) is -0.0994. The van der Waals surface area contributed by atoms with E-state index in [0.29, 0.717) is 31.3 Å². The van der Waals surface area contributed by atoms with E-state index in [-0.39, 0.29) is 18.1 Å². The predicted octanol–water partition coefficient (Wildman–Crippen LogP) is 0.131. The van der Waals surface area contributed by atoms with Crippen molar-refractivity contribution < 1.29 is 17.7 Å². The van der Waals surface area contributed by atoms with Crippen molar-refractivity contribution in [1.29, 1.82) is 0 Å². The van der Waals surface area contributed by atoms with Crippen LogP contribution in [-0.2, 0) is 14.9 Å². The quantitative estimate of drug-likeness (QED) is 0.787. The van der Waals surface area contributed by atoms with E-state index in [2.05, 4.69) is 10.1 Å². The van der Waals surface area contributed by atoms with Crippen LogP contribution in [0.1, 0.15) is 30.5 Å². The molecule has 3 heterocycles. The Balaban J connectivity index is 1.91. The minimum absolute atomic E-state index is 0.0994. The molecule has 0 radical (unpaired) electrons. The monoisotopic (exact) mass is 316 g/mol. The Labute approximate surface area is 124 Å². The molecule has 2 saturated heterocycles. The number of aromatic nitrogens is 2. The Bertz CT molecular complexity index is 615. The van der Waals surface area contributed by atoms with Gasteiger partial charge in [0.05, 0.1) is 18.1 Å². The number of ether oxygens (including phenoxy) is 1. The highest BCUT2D eigenvalue weighted by molar-refractivity contribution is 7.86. The maximum Gasteiger partial charge on any atom is 0.281 e. The lowest BCUT2D eigenvalue weighted by atomic mass is 9.92. The van der Waals surface area contributed by atoms with Crippen LogP contribution in [0.2, 0.25) is 0 Å². The Morgan fingerprint density at radius 1 is 1.38 bits per heavy atom. The molecular formula is C12H20N4O4S. The van der Waals surface area contributed by atoms with Gasteiger partial charge < -0.3 is 9.26 Å². The molecule has 2 aliphatic heterocycles. The average molecular weight is 316 g/mol. The number of hydrogen-bond acceptors (Lipinski definition) is 6. The standard InChI is InChI=1S/C12H20N4O4S/c1-8-13-12(20-14-8)9-6-11-10(4-5-19-11)16(7-9)21(17,18)15(2)3/h9-11H,4-7H2,1-3H3/t9-,10-,11-/m1/s1. The molecule has 1 aromatic heterocycles. The SMILES string of the molecule is Cc1noc([C@@H]2C[C@H]3OCC[C@H]3N(S(=O)(=O)N(C)C)C2)n1. The van der Waals surface area contributed by atoms with E-state index in [1.807, 2.05) is 0 Å². The van der Waals surface area contributed by atoms with Crippen LogP contribution in [0.15, 0.2) is 4.52 Å². The van der Waals surface area contributed by atoms with Crippen LogP contribution < -0.4 is 0 Å². The van der Waals surface area contributed by atoms with Gasteiger partial charge >= 0.3 is 0 Å². The van der Waals surface area contributed by atoms with Gasteiger partial charge in [0, 0.05) is 27.2 Å². The molecule has 0 unspecified atom stereocenters. The topological polar surface area (TPSA) is 88.8 Å². The largest absolute Gasteiger partial charge is 0.376 e. The van der Waals surface area contributed by atoms with Gasteiger partial charge in [-0.3, -0.25) is 0 Å². The van der Waals surface area contributed by atoms with E-state index in [9.17, 15) is 8.42 Å². The minimum Gasteiger partial charge on any atom is -0.376 e. The van der Waals surface area contributed by atoms with Gasteiger partial charge in [-0.1, -0.05) is 5.16 Å². The zero-order chi connectivity index (χ0) is 15.2. The third-order valence-electron chi connectivity index (χ3n) is 4.11. The molecule has 9 heteroatoms. The van der Waals surface area contributed by atoms with Crippen LogP contribution in [0.4, 0.5) is 0 Å². The highest BCUT2D eigenvalue weighted by Crippen LogP contribution is 2.37.